The lowest BCUT2D eigenvalue weighted by molar-refractivity contribution is -0.108. The van der Waals surface area contributed by atoms with Gasteiger partial charge in [-0.1, -0.05) is 12.1 Å². The lowest BCUT2D eigenvalue weighted by atomic mass is 9.89. The number of carbonyl (C=O) groups is 1. The summed E-state index contributed by atoms with van der Waals surface area (Å²) in [7, 11) is 1.40. The minimum Gasteiger partial charge on any atom is -0.508 e. The smallest absolute Gasteiger partial charge is 0.170 e. The van der Waals surface area contributed by atoms with Crippen molar-refractivity contribution in [3.63, 3.8) is 0 Å². The van der Waals surface area contributed by atoms with Gasteiger partial charge in [0.25, 0.3) is 0 Å². The highest BCUT2D eigenvalue weighted by Crippen LogP contribution is 2.41. The molecular formula is C21H24O7. The van der Waals surface area contributed by atoms with Crippen LogP contribution >= 0.6 is 0 Å². The van der Waals surface area contributed by atoms with Gasteiger partial charge < -0.3 is 29.9 Å². The molecule has 1 aliphatic rings. The SMILES string of the molecule is COc1cc2c(cc1C(O)C(O)C(C)(C)O)C(=O)CC(c1ccc(O)cc1)O2. The zero-order chi connectivity index (χ0) is 20.6. The molecule has 0 bridgehead atoms. The Bertz CT molecular complexity index is 868. The second kappa shape index (κ2) is 7.43. The van der Waals surface area contributed by atoms with Crippen LogP contribution < -0.4 is 9.47 Å². The molecule has 0 spiro atoms. The van der Waals surface area contributed by atoms with Crippen LogP contribution in [0.5, 0.6) is 17.2 Å². The summed E-state index contributed by atoms with van der Waals surface area (Å²) in [5, 5.41) is 40.2. The van der Waals surface area contributed by atoms with E-state index in [0.717, 1.165) is 5.56 Å². The lowest BCUT2D eigenvalue weighted by Crippen LogP contribution is -2.40. The van der Waals surface area contributed by atoms with E-state index in [1.165, 1.54) is 45.2 Å². The Kier molecular flexibility index (Phi) is 5.34. The second-order valence-corrected chi connectivity index (χ2v) is 7.46. The van der Waals surface area contributed by atoms with Crippen LogP contribution in [0.15, 0.2) is 36.4 Å². The molecule has 1 aliphatic heterocycles. The number of hydrogen-bond acceptors (Lipinski definition) is 7. The number of aliphatic hydroxyl groups is 3. The summed E-state index contributed by atoms with van der Waals surface area (Å²) in [6, 6.07) is 9.35. The van der Waals surface area contributed by atoms with Gasteiger partial charge in [0.1, 0.15) is 35.6 Å². The number of benzene rings is 2. The van der Waals surface area contributed by atoms with Crippen LogP contribution in [0.3, 0.4) is 0 Å². The van der Waals surface area contributed by atoms with Gasteiger partial charge in [-0.2, -0.15) is 0 Å². The maximum absolute atomic E-state index is 12.7. The van der Waals surface area contributed by atoms with Crippen LogP contribution in [-0.4, -0.2) is 45.0 Å². The van der Waals surface area contributed by atoms with Crippen LogP contribution in [0.25, 0.3) is 0 Å². The Morgan fingerprint density at radius 1 is 1.18 bits per heavy atom. The first-order valence-corrected chi connectivity index (χ1v) is 8.91. The number of phenols is 1. The van der Waals surface area contributed by atoms with Crippen LogP contribution in [0.1, 0.15) is 54.0 Å². The first-order chi connectivity index (χ1) is 13.1. The molecule has 1 heterocycles. The van der Waals surface area contributed by atoms with Crippen molar-refractivity contribution in [2.75, 3.05) is 7.11 Å². The van der Waals surface area contributed by atoms with Crippen LogP contribution in [0, 0.1) is 0 Å². The summed E-state index contributed by atoms with van der Waals surface area (Å²) in [5.74, 6) is 0.471. The maximum Gasteiger partial charge on any atom is 0.170 e. The highest BCUT2D eigenvalue weighted by atomic mass is 16.5. The number of hydrogen-bond donors (Lipinski definition) is 4. The van der Waals surface area contributed by atoms with Crippen molar-refractivity contribution in [2.24, 2.45) is 0 Å². The first kappa shape index (κ1) is 20.1. The van der Waals surface area contributed by atoms with Gasteiger partial charge in [0, 0.05) is 11.6 Å². The quantitative estimate of drug-likeness (QED) is 0.621. The molecule has 0 saturated heterocycles. The Balaban J connectivity index is 1.97. The van der Waals surface area contributed by atoms with Crippen LogP contribution in [-0.2, 0) is 0 Å². The summed E-state index contributed by atoms with van der Waals surface area (Å²) in [6.45, 7) is 2.75. The Morgan fingerprint density at radius 2 is 1.82 bits per heavy atom. The molecule has 28 heavy (non-hydrogen) atoms. The molecule has 0 aliphatic carbocycles. The number of carbonyl (C=O) groups excluding carboxylic acids is 1. The van der Waals surface area contributed by atoms with Crippen LogP contribution in [0.2, 0.25) is 0 Å². The molecule has 3 atom stereocenters. The largest absolute Gasteiger partial charge is 0.508 e. The molecule has 0 amide bonds. The van der Waals surface area contributed by atoms with Gasteiger partial charge >= 0.3 is 0 Å². The first-order valence-electron chi connectivity index (χ1n) is 8.91. The van der Waals surface area contributed by atoms with Gasteiger partial charge in [-0.05, 0) is 37.6 Å². The number of Topliss-reactive ketones (excluding diaryl/α,β-unsaturated/α-hetero) is 1. The topological polar surface area (TPSA) is 116 Å². The van der Waals surface area contributed by atoms with Gasteiger partial charge in [0.05, 0.1) is 24.7 Å². The Labute approximate surface area is 162 Å². The van der Waals surface area contributed by atoms with E-state index in [0.29, 0.717) is 5.75 Å². The van der Waals surface area contributed by atoms with Gasteiger partial charge in [-0.3, -0.25) is 4.79 Å². The number of aromatic hydroxyl groups is 1. The van der Waals surface area contributed by atoms with Gasteiger partial charge in [0.15, 0.2) is 5.78 Å². The van der Waals surface area contributed by atoms with Crippen LogP contribution in [0.4, 0.5) is 0 Å². The second-order valence-electron chi connectivity index (χ2n) is 7.46. The van der Waals surface area contributed by atoms with E-state index >= 15 is 0 Å². The van der Waals surface area contributed by atoms with Crippen molar-refractivity contribution in [3.05, 3.63) is 53.1 Å². The van der Waals surface area contributed by atoms with Crippen molar-refractivity contribution in [1.82, 2.24) is 0 Å². The van der Waals surface area contributed by atoms with E-state index in [-0.39, 0.29) is 34.8 Å². The Hall–Kier alpha value is -2.61. The minimum absolute atomic E-state index is 0.0910. The van der Waals surface area contributed by atoms with Crippen molar-refractivity contribution < 1.29 is 34.7 Å². The zero-order valence-electron chi connectivity index (χ0n) is 15.9. The average molecular weight is 388 g/mol. The highest BCUT2D eigenvalue weighted by molar-refractivity contribution is 6.00. The Morgan fingerprint density at radius 3 is 2.39 bits per heavy atom. The third-order valence-corrected chi connectivity index (χ3v) is 4.88. The van der Waals surface area contributed by atoms with Crippen molar-refractivity contribution in [1.29, 1.82) is 0 Å². The van der Waals surface area contributed by atoms with E-state index in [1.54, 1.807) is 12.1 Å². The number of rotatable bonds is 5. The van der Waals surface area contributed by atoms with E-state index < -0.39 is 23.9 Å². The summed E-state index contributed by atoms with van der Waals surface area (Å²) < 4.78 is 11.3. The number of methoxy groups -OCH3 is 1. The molecule has 0 saturated carbocycles. The maximum atomic E-state index is 12.7. The van der Waals surface area contributed by atoms with E-state index in [9.17, 15) is 25.2 Å². The molecule has 150 valence electrons. The van der Waals surface area contributed by atoms with E-state index in [4.69, 9.17) is 9.47 Å². The molecule has 2 aromatic carbocycles. The zero-order valence-corrected chi connectivity index (χ0v) is 15.9. The molecular weight excluding hydrogens is 364 g/mol. The number of phenolic OH excluding ortho intramolecular Hbond substituents is 1. The van der Waals surface area contributed by atoms with Gasteiger partial charge in [-0.25, -0.2) is 0 Å². The van der Waals surface area contributed by atoms with Gasteiger partial charge in [-0.15, -0.1) is 0 Å². The summed E-state index contributed by atoms with van der Waals surface area (Å²) in [6.07, 6.45) is -3.36. The highest BCUT2D eigenvalue weighted by Gasteiger charge is 2.36. The summed E-state index contributed by atoms with van der Waals surface area (Å²) >= 11 is 0. The predicted molar refractivity (Wildman–Crippen MR) is 101 cm³/mol. The average Bonchev–Trinajstić information content (AvgIpc) is 2.65. The number of aliphatic hydroxyl groups excluding tert-OH is 2. The van der Waals surface area contributed by atoms with E-state index in [2.05, 4.69) is 0 Å². The fraction of sp³-hybridized carbons (Fsp3) is 0.381. The summed E-state index contributed by atoms with van der Waals surface area (Å²) in [4.78, 5) is 12.7. The minimum atomic E-state index is -1.55. The van der Waals surface area contributed by atoms with Gasteiger partial charge in [0.2, 0.25) is 0 Å². The molecule has 0 radical (unpaired) electrons. The normalized spacial score (nSPS) is 18.8. The number of ether oxygens (including phenoxy) is 2. The molecule has 4 N–H and O–H groups in total. The molecule has 3 unspecified atom stereocenters. The van der Waals surface area contributed by atoms with Crippen molar-refractivity contribution >= 4 is 5.78 Å². The standard InChI is InChI=1S/C21H24O7/c1-21(2,26)20(25)19(24)14-8-13-15(23)9-16(11-4-6-12(22)7-5-11)28-18(13)10-17(14)27-3/h4-8,10,16,19-20,22,24-26H,9H2,1-3H3. The predicted octanol–water partition coefficient (Wildman–Crippen LogP) is 2.27. The number of fused-ring (bicyclic) bond motifs is 1. The summed E-state index contributed by atoms with van der Waals surface area (Å²) in [5.41, 5.74) is -0.341. The van der Waals surface area contributed by atoms with E-state index in [1.807, 2.05) is 0 Å². The molecule has 7 heteroatoms. The van der Waals surface area contributed by atoms with Crippen molar-refractivity contribution in [2.45, 2.75) is 44.2 Å². The fourth-order valence-electron chi connectivity index (χ4n) is 3.21. The monoisotopic (exact) mass is 388 g/mol. The number of ketones is 1. The fourth-order valence-corrected chi connectivity index (χ4v) is 3.21. The third-order valence-electron chi connectivity index (χ3n) is 4.88. The third kappa shape index (κ3) is 3.82. The molecule has 3 rings (SSSR count). The molecule has 0 aromatic heterocycles. The molecule has 0 fully saturated rings. The molecule has 2 aromatic rings. The molecule has 7 nitrogen and oxygen atoms in total. The lowest BCUT2D eigenvalue weighted by Gasteiger charge is -2.31. The van der Waals surface area contributed by atoms with Crippen molar-refractivity contribution in [3.8, 4) is 17.2 Å².